The van der Waals surface area contributed by atoms with Gasteiger partial charge in [-0.15, -0.1) is 0 Å². The molecule has 2 N–H and O–H groups in total. The van der Waals surface area contributed by atoms with Crippen molar-refractivity contribution in [3.63, 3.8) is 0 Å². The fourth-order valence-corrected chi connectivity index (χ4v) is 1.35. The van der Waals surface area contributed by atoms with E-state index in [0.29, 0.717) is 6.54 Å². The van der Waals surface area contributed by atoms with Crippen molar-refractivity contribution in [1.82, 2.24) is 15.2 Å². The van der Waals surface area contributed by atoms with Gasteiger partial charge in [-0.3, -0.25) is 4.79 Å². The van der Waals surface area contributed by atoms with E-state index in [0.717, 1.165) is 5.69 Å². The zero-order valence-corrected chi connectivity index (χ0v) is 8.87. The van der Waals surface area contributed by atoms with E-state index in [1.54, 1.807) is 7.05 Å². The number of carbonyl (C=O) groups excluding carboxylic acids is 1. The third-order valence-electron chi connectivity index (χ3n) is 2.33. The van der Waals surface area contributed by atoms with E-state index in [9.17, 15) is 4.79 Å². The molecule has 4 heteroatoms. The van der Waals surface area contributed by atoms with Crippen LogP contribution in [0.25, 0.3) is 0 Å². The van der Waals surface area contributed by atoms with Gasteiger partial charge in [-0.25, -0.2) is 0 Å². The van der Waals surface area contributed by atoms with Gasteiger partial charge in [0.15, 0.2) is 0 Å². The maximum absolute atomic E-state index is 11.2. The van der Waals surface area contributed by atoms with Gasteiger partial charge < -0.3 is 15.2 Å². The van der Waals surface area contributed by atoms with Gasteiger partial charge in [-0.05, 0) is 26.1 Å². The molecular weight excluding hydrogens is 178 g/mol. The summed E-state index contributed by atoms with van der Waals surface area (Å²) < 4.78 is 1.94. The fourth-order valence-electron chi connectivity index (χ4n) is 1.35. The molecule has 0 aliphatic carbocycles. The number of amides is 1. The van der Waals surface area contributed by atoms with Gasteiger partial charge in [-0.1, -0.05) is 0 Å². The molecule has 0 fully saturated rings. The molecule has 14 heavy (non-hydrogen) atoms. The van der Waals surface area contributed by atoms with E-state index in [2.05, 4.69) is 17.6 Å². The molecule has 0 spiro atoms. The van der Waals surface area contributed by atoms with Crippen molar-refractivity contribution >= 4 is 5.91 Å². The van der Waals surface area contributed by atoms with E-state index >= 15 is 0 Å². The van der Waals surface area contributed by atoms with Crippen molar-refractivity contribution in [1.29, 1.82) is 0 Å². The number of aromatic nitrogens is 1. The maximum Gasteiger partial charge on any atom is 0.239 e. The molecule has 0 saturated carbocycles. The molecule has 1 heterocycles. The minimum atomic E-state index is 0.0192. The summed E-state index contributed by atoms with van der Waals surface area (Å²) in [4.78, 5) is 11.2. The first-order chi connectivity index (χ1) is 6.69. The van der Waals surface area contributed by atoms with Crippen LogP contribution in [0.15, 0.2) is 18.3 Å². The molecule has 0 aliphatic rings. The number of hydrogen-bond donors (Lipinski definition) is 2. The van der Waals surface area contributed by atoms with Crippen molar-refractivity contribution < 1.29 is 4.79 Å². The average Bonchev–Trinajstić information content (AvgIpc) is 2.64. The molecule has 1 atom stereocenters. The number of nitrogens with zero attached hydrogens (tertiary/aromatic N) is 1. The number of carbonyl (C=O) groups is 1. The van der Waals surface area contributed by atoms with Gasteiger partial charge in [0, 0.05) is 25.0 Å². The van der Waals surface area contributed by atoms with Gasteiger partial charge in [-0.2, -0.15) is 0 Å². The van der Waals surface area contributed by atoms with Gasteiger partial charge in [0.05, 0.1) is 0 Å². The van der Waals surface area contributed by atoms with Crippen LogP contribution in [0.2, 0.25) is 0 Å². The van der Waals surface area contributed by atoms with Crippen LogP contribution in [-0.2, 0) is 11.3 Å². The lowest BCUT2D eigenvalue weighted by atomic mass is 10.2. The summed E-state index contributed by atoms with van der Waals surface area (Å²) in [7, 11) is 3.55. The highest BCUT2D eigenvalue weighted by atomic mass is 16.1. The van der Waals surface area contributed by atoms with Crippen molar-refractivity contribution in [3.05, 3.63) is 24.0 Å². The van der Waals surface area contributed by atoms with Crippen LogP contribution in [0.3, 0.4) is 0 Å². The topological polar surface area (TPSA) is 46.1 Å². The Bertz CT molecular complexity index is 306. The Morgan fingerprint density at radius 1 is 1.57 bits per heavy atom. The molecule has 1 aromatic rings. The van der Waals surface area contributed by atoms with Crippen LogP contribution in [0.1, 0.15) is 18.7 Å². The predicted molar refractivity (Wildman–Crippen MR) is 56.0 cm³/mol. The Morgan fingerprint density at radius 3 is 2.86 bits per heavy atom. The summed E-state index contributed by atoms with van der Waals surface area (Å²) in [6.45, 7) is 2.44. The molecule has 4 nitrogen and oxygen atoms in total. The normalized spacial score (nSPS) is 12.5. The van der Waals surface area contributed by atoms with E-state index in [1.165, 1.54) is 0 Å². The van der Waals surface area contributed by atoms with Gasteiger partial charge >= 0.3 is 0 Å². The Hall–Kier alpha value is -1.29. The highest BCUT2D eigenvalue weighted by molar-refractivity contribution is 5.75. The quantitative estimate of drug-likeness (QED) is 0.735. The second-order valence-electron chi connectivity index (χ2n) is 3.24. The first kappa shape index (κ1) is 10.8. The van der Waals surface area contributed by atoms with Crippen molar-refractivity contribution in [2.75, 3.05) is 14.1 Å². The smallest absolute Gasteiger partial charge is 0.239 e. The summed E-state index contributed by atoms with van der Waals surface area (Å²) in [5.41, 5.74) is 1.12. The maximum atomic E-state index is 11.2. The zero-order chi connectivity index (χ0) is 10.6. The fraction of sp³-hybridized carbons (Fsp3) is 0.500. The predicted octanol–water partition coefficient (Wildman–Crippen LogP) is 0.514. The molecule has 1 rings (SSSR count). The molecular formula is C10H17N3O. The summed E-state index contributed by atoms with van der Waals surface area (Å²) in [6.07, 6.45) is 1.92. The van der Waals surface area contributed by atoms with E-state index in [4.69, 9.17) is 0 Å². The number of likely N-dealkylation sites (N-methyl/N-ethyl adjacent to an activating group) is 1. The van der Waals surface area contributed by atoms with Crippen LogP contribution >= 0.6 is 0 Å². The largest absolute Gasteiger partial charge is 0.358 e. The van der Waals surface area contributed by atoms with Gasteiger partial charge in [0.2, 0.25) is 5.91 Å². The molecule has 0 aliphatic heterocycles. The average molecular weight is 195 g/mol. The third kappa shape index (κ3) is 2.35. The molecule has 0 saturated heterocycles. The summed E-state index contributed by atoms with van der Waals surface area (Å²) >= 11 is 0. The van der Waals surface area contributed by atoms with Crippen molar-refractivity contribution in [2.45, 2.75) is 19.5 Å². The number of rotatable bonds is 4. The Kier molecular flexibility index (Phi) is 3.71. The van der Waals surface area contributed by atoms with Crippen molar-refractivity contribution in [3.8, 4) is 0 Å². The minimum absolute atomic E-state index is 0.0192. The van der Waals surface area contributed by atoms with Crippen LogP contribution < -0.4 is 10.6 Å². The molecule has 78 valence electrons. The van der Waals surface area contributed by atoms with E-state index < -0.39 is 0 Å². The van der Waals surface area contributed by atoms with Crippen LogP contribution in [0.4, 0.5) is 0 Å². The van der Waals surface area contributed by atoms with Gasteiger partial charge in [0.25, 0.3) is 0 Å². The highest BCUT2D eigenvalue weighted by Crippen LogP contribution is 2.12. The number of hydrogen-bond acceptors (Lipinski definition) is 2. The van der Waals surface area contributed by atoms with Crippen LogP contribution in [0, 0.1) is 0 Å². The third-order valence-corrected chi connectivity index (χ3v) is 2.33. The van der Waals surface area contributed by atoms with Gasteiger partial charge in [0.1, 0.15) is 6.54 Å². The highest BCUT2D eigenvalue weighted by Gasteiger charge is 2.09. The summed E-state index contributed by atoms with van der Waals surface area (Å²) in [5, 5.41) is 5.75. The zero-order valence-electron chi connectivity index (χ0n) is 8.87. The van der Waals surface area contributed by atoms with Crippen LogP contribution in [0.5, 0.6) is 0 Å². The standard InChI is InChI=1S/C10H17N3O/c1-8(11-2)9-5-4-6-13(9)7-10(14)12-3/h4-6,8,11H,7H2,1-3H3,(H,12,14). The first-order valence-electron chi connectivity index (χ1n) is 4.72. The Balaban J connectivity index is 2.77. The van der Waals surface area contributed by atoms with E-state index in [1.807, 2.05) is 29.9 Å². The second kappa shape index (κ2) is 4.81. The number of nitrogens with one attached hydrogen (secondary N) is 2. The molecule has 0 aromatic carbocycles. The molecule has 1 unspecified atom stereocenters. The molecule has 1 aromatic heterocycles. The molecule has 1 amide bonds. The summed E-state index contributed by atoms with van der Waals surface area (Å²) in [6, 6.07) is 4.23. The monoisotopic (exact) mass is 195 g/mol. The second-order valence-corrected chi connectivity index (χ2v) is 3.24. The lowest BCUT2D eigenvalue weighted by Crippen LogP contribution is -2.25. The minimum Gasteiger partial charge on any atom is -0.358 e. The molecule has 0 radical (unpaired) electrons. The summed E-state index contributed by atoms with van der Waals surface area (Å²) in [5.74, 6) is 0.0192. The molecule has 0 bridgehead atoms. The SMILES string of the molecule is CNC(=O)Cn1cccc1C(C)NC. The first-order valence-corrected chi connectivity index (χ1v) is 4.72. The van der Waals surface area contributed by atoms with E-state index in [-0.39, 0.29) is 11.9 Å². The van der Waals surface area contributed by atoms with Crippen molar-refractivity contribution in [2.24, 2.45) is 0 Å². The lowest BCUT2D eigenvalue weighted by molar-refractivity contribution is -0.121. The Morgan fingerprint density at radius 2 is 2.29 bits per heavy atom. The Labute approximate surface area is 84.3 Å². The lowest BCUT2D eigenvalue weighted by Gasteiger charge is -2.14. The van der Waals surface area contributed by atoms with Crippen LogP contribution in [-0.4, -0.2) is 24.6 Å².